The van der Waals surface area contributed by atoms with Crippen LogP contribution in [0, 0.1) is 0 Å². The van der Waals surface area contributed by atoms with Crippen LogP contribution in [-0.2, 0) is 0 Å². The molecule has 1 atom stereocenters. The Morgan fingerprint density at radius 1 is 1.59 bits per heavy atom. The van der Waals surface area contributed by atoms with Crippen molar-refractivity contribution in [3.63, 3.8) is 0 Å². The van der Waals surface area contributed by atoms with Gasteiger partial charge < -0.3 is 20.7 Å². The van der Waals surface area contributed by atoms with E-state index in [0.29, 0.717) is 12.6 Å². The van der Waals surface area contributed by atoms with Gasteiger partial charge in [0.25, 0.3) is 0 Å². The van der Waals surface area contributed by atoms with Crippen molar-refractivity contribution < 1.29 is 4.74 Å². The lowest BCUT2D eigenvalue weighted by Crippen LogP contribution is -2.53. The molecular formula is C12H18ClN3O. The monoisotopic (exact) mass is 255 g/mol. The number of nitrogens with one attached hydrogen (secondary N) is 1. The lowest BCUT2D eigenvalue weighted by molar-refractivity contribution is 0.408. The van der Waals surface area contributed by atoms with Gasteiger partial charge in [0.1, 0.15) is 5.75 Å². The van der Waals surface area contributed by atoms with Crippen molar-refractivity contribution in [2.75, 3.05) is 38.2 Å². The maximum absolute atomic E-state index is 6.04. The number of methoxy groups -OCH3 is 1. The van der Waals surface area contributed by atoms with Crippen molar-refractivity contribution >= 4 is 17.3 Å². The smallest absolute Gasteiger partial charge is 0.142 e. The molecule has 0 radical (unpaired) electrons. The van der Waals surface area contributed by atoms with Gasteiger partial charge in [-0.05, 0) is 18.2 Å². The molecule has 0 aromatic heterocycles. The zero-order valence-corrected chi connectivity index (χ0v) is 10.7. The van der Waals surface area contributed by atoms with Crippen molar-refractivity contribution in [2.45, 2.75) is 6.04 Å². The van der Waals surface area contributed by atoms with Gasteiger partial charge in [-0.3, -0.25) is 0 Å². The van der Waals surface area contributed by atoms with E-state index in [-0.39, 0.29) is 0 Å². The Morgan fingerprint density at radius 3 is 3.12 bits per heavy atom. The highest BCUT2D eigenvalue weighted by atomic mass is 35.5. The summed E-state index contributed by atoms with van der Waals surface area (Å²) in [5, 5.41) is 4.11. The van der Waals surface area contributed by atoms with E-state index in [1.165, 1.54) is 0 Å². The topological polar surface area (TPSA) is 50.5 Å². The van der Waals surface area contributed by atoms with Gasteiger partial charge in [0.2, 0.25) is 0 Å². The van der Waals surface area contributed by atoms with Crippen LogP contribution in [0.4, 0.5) is 5.69 Å². The third kappa shape index (κ3) is 2.83. The molecule has 1 aromatic rings. The minimum atomic E-state index is 0.326. The minimum absolute atomic E-state index is 0.326. The molecule has 0 amide bonds. The number of anilines is 1. The van der Waals surface area contributed by atoms with Gasteiger partial charge in [-0.2, -0.15) is 0 Å². The van der Waals surface area contributed by atoms with Gasteiger partial charge in [-0.1, -0.05) is 11.6 Å². The highest BCUT2D eigenvalue weighted by Crippen LogP contribution is 2.31. The number of benzene rings is 1. The van der Waals surface area contributed by atoms with Crippen LogP contribution < -0.4 is 20.7 Å². The van der Waals surface area contributed by atoms with Crippen molar-refractivity contribution in [3.05, 3.63) is 23.2 Å². The summed E-state index contributed by atoms with van der Waals surface area (Å²) in [6.45, 7) is 3.39. The molecule has 5 heteroatoms. The molecule has 94 valence electrons. The summed E-state index contributed by atoms with van der Waals surface area (Å²) >= 11 is 6.04. The van der Waals surface area contributed by atoms with Gasteiger partial charge in [0.15, 0.2) is 0 Å². The van der Waals surface area contributed by atoms with Crippen LogP contribution in [0.1, 0.15) is 0 Å². The fraction of sp³-hybridized carbons (Fsp3) is 0.500. The van der Waals surface area contributed by atoms with E-state index < -0.39 is 0 Å². The first-order valence-corrected chi connectivity index (χ1v) is 6.14. The maximum atomic E-state index is 6.04. The van der Waals surface area contributed by atoms with E-state index in [2.05, 4.69) is 10.2 Å². The average Bonchev–Trinajstić information content (AvgIpc) is 2.39. The standard InChI is InChI=1S/C12H18ClN3O/c1-17-12-3-2-9(13)6-11(12)16-5-4-15-10(7-14)8-16/h2-3,6,10,15H,4-5,7-8,14H2,1H3. The first-order valence-electron chi connectivity index (χ1n) is 5.76. The quantitative estimate of drug-likeness (QED) is 0.849. The molecule has 1 aliphatic rings. The molecule has 1 saturated heterocycles. The number of piperazine rings is 1. The molecule has 0 saturated carbocycles. The molecule has 0 spiro atoms. The minimum Gasteiger partial charge on any atom is -0.495 e. The zero-order valence-electron chi connectivity index (χ0n) is 9.95. The fourth-order valence-corrected chi connectivity index (χ4v) is 2.28. The van der Waals surface area contributed by atoms with Crippen LogP contribution in [0.3, 0.4) is 0 Å². The first kappa shape index (κ1) is 12.5. The number of hydrogen-bond donors (Lipinski definition) is 2. The predicted molar refractivity (Wildman–Crippen MR) is 71.1 cm³/mol. The Kier molecular flexibility index (Phi) is 4.10. The second kappa shape index (κ2) is 5.58. The highest BCUT2D eigenvalue weighted by molar-refractivity contribution is 6.30. The van der Waals surface area contributed by atoms with Crippen LogP contribution in [-0.4, -0.2) is 39.3 Å². The first-order chi connectivity index (χ1) is 8.24. The zero-order chi connectivity index (χ0) is 12.3. The summed E-state index contributed by atoms with van der Waals surface area (Å²) in [4.78, 5) is 2.26. The molecule has 0 bridgehead atoms. The fourth-order valence-electron chi connectivity index (χ4n) is 2.11. The molecule has 0 aliphatic carbocycles. The number of halogens is 1. The summed E-state index contributed by atoms with van der Waals surface area (Å²) in [7, 11) is 1.68. The third-order valence-electron chi connectivity index (χ3n) is 3.02. The Labute approximate surface area is 107 Å². The van der Waals surface area contributed by atoms with Crippen molar-refractivity contribution in [1.82, 2.24) is 5.32 Å². The van der Waals surface area contributed by atoms with Gasteiger partial charge in [0.05, 0.1) is 12.8 Å². The Bertz CT molecular complexity index is 386. The van der Waals surface area contributed by atoms with E-state index in [1.54, 1.807) is 7.11 Å². The average molecular weight is 256 g/mol. The number of rotatable bonds is 3. The second-order valence-corrected chi connectivity index (χ2v) is 4.59. The van der Waals surface area contributed by atoms with Crippen LogP contribution in [0.25, 0.3) is 0 Å². The number of nitrogens with two attached hydrogens (primary N) is 1. The molecule has 2 rings (SSSR count). The van der Waals surface area contributed by atoms with Gasteiger partial charge in [0, 0.05) is 37.2 Å². The lowest BCUT2D eigenvalue weighted by atomic mass is 10.1. The van der Waals surface area contributed by atoms with Crippen LogP contribution >= 0.6 is 11.6 Å². The SMILES string of the molecule is COc1ccc(Cl)cc1N1CCNC(CN)C1. The largest absolute Gasteiger partial charge is 0.495 e. The van der Waals surface area contributed by atoms with Gasteiger partial charge >= 0.3 is 0 Å². The molecule has 1 aromatic carbocycles. The second-order valence-electron chi connectivity index (χ2n) is 4.15. The third-order valence-corrected chi connectivity index (χ3v) is 3.26. The summed E-state index contributed by atoms with van der Waals surface area (Å²) in [5.41, 5.74) is 6.74. The Balaban J connectivity index is 2.22. The maximum Gasteiger partial charge on any atom is 0.142 e. The molecule has 1 unspecified atom stereocenters. The number of nitrogens with zero attached hydrogens (tertiary/aromatic N) is 1. The Hall–Kier alpha value is -0.970. The van der Waals surface area contributed by atoms with Gasteiger partial charge in [-0.25, -0.2) is 0 Å². The molecular weight excluding hydrogens is 238 g/mol. The van der Waals surface area contributed by atoms with E-state index in [0.717, 1.165) is 36.1 Å². The van der Waals surface area contributed by atoms with Crippen molar-refractivity contribution in [3.8, 4) is 5.75 Å². The van der Waals surface area contributed by atoms with E-state index in [9.17, 15) is 0 Å². The summed E-state index contributed by atoms with van der Waals surface area (Å²) < 4.78 is 5.37. The molecule has 4 nitrogen and oxygen atoms in total. The molecule has 1 aliphatic heterocycles. The van der Waals surface area contributed by atoms with E-state index >= 15 is 0 Å². The van der Waals surface area contributed by atoms with Crippen LogP contribution in [0.5, 0.6) is 5.75 Å². The van der Waals surface area contributed by atoms with Crippen molar-refractivity contribution in [2.24, 2.45) is 5.73 Å². The molecule has 1 fully saturated rings. The van der Waals surface area contributed by atoms with E-state index in [4.69, 9.17) is 22.1 Å². The van der Waals surface area contributed by atoms with Crippen LogP contribution in [0.2, 0.25) is 5.02 Å². The lowest BCUT2D eigenvalue weighted by Gasteiger charge is -2.35. The summed E-state index contributed by atoms with van der Waals surface area (Å²) in [5.74, 6) is 0.854. The highest BCUT2D eigenvalue weighted by Gasteiger charge is 2.20. The van der Waals surface area contributed by atoms with Crippen molar-refractivity contribution in [1.29, 1.82) is 0 Å². The van der Waals surface area contributed by atoms with E-state index in [1.807, 2.05) is 18.2 Å². The number of ether oxygens (including phenoxy) is 1. The summed E-state index contributed by atoms with van der Waals surface area (Å²) in [6.07, 6.45) is 0. The Morgan fingerprint density at radius 2 is 2.41 bits per heavy atom. The molecule has 1 heterocycles. The normalized spacial score (nSPS) is 20.4. The number of hydrogen-bond acceptors (Lipinski definition) is 4. The van der Waals surface area contributed by atoms with Crippen LogP contribution in [0.15, 0.2) is 18.2 Å². The predicted octanol–water partition coefficient (Wildman–Crippen LogP) is 1.09. The van der Waals surface area contributed by atoms with Gasteiger partial charge in [-0.15, -0.1) is 0 Å². The molecule has 17 heavy (non-hydrogen) atoms. The molecule has 3 N–H and O–H groups in total. The summed E-state index contributed by atoms with van der Waals surface area (Å²) in [6, 6.07) is 6.01.